The summed E-state index contributed by atoms with van der Waals surface area (Å²) in [5.41, 5.74) is 6.50. The van der Waals surface area contributed by atoms with Gasteiger partial charge in [-0.2, -0.15) is 0 Å². The van der Waals surface area contributed by atoms with Gasteiger partial charge >= 0.3 is 0 Å². The molecule has 15 heavy (non-hydrogen) atoms. The number of rotatable bonds is 5. The molecule has 2 unspecified atom stereocenters. The Labute approximate surface area is 90.2 Å². The van der Waals surface area contributed by atoms with Crippen LogP contribution < -0.4 is 5.73 Å². The molecule has 0 saturated carbocycles. The van der Waals surface area contributed by atoms with Crippen molar-refractivity contribution in [1.82, 2.24) is 0 Å². The molecule has 0 aliphatic rings. The Morgan fingerprint density at radius 1 is 1.40 bits per heavy atom. The first-order valence-electron chi connectivity index (χ1n) is 5.23. The second-order valence-corrected chi connectivity index (χ2v) is 3.61. The van der Waals surface area contributed by atoms with E-state index in [1.54, 1.807) is 25.3 Å². The fraction of sp³-hybridized carbons (Fsp3) is 0.500. The van der Waals surface area contributed by atoms with Gasteiger partial charge in [0, 0.05) is 12.7 Å². The van der Waals surface area contributed by atoms with E-state index >= 15 is 0 Å². The first-order chi connectivity index (χ1) is 7.20. The van der Waals surface area contributed by atoms with Crippen LogP contribution in [0.1, 0.15) is 31.4 Å². The fourth-order valence-electron chi connectivity index (χ4n) is 1.67. The summed E-state index contributed by atoms with van der Waals surface area (Å²) < 4.78 is 18.7. The molecule has 0 aliphatic carbocycles. The number of hydrogen-bond donors (Lipinski definition) is 1. The Morgan fingerprint density at radius 2 is 2.07 bits per heavy atom. The predicted octanol–water partition coefficient (Wildman–Crippen LogP) is 2.64. The summed E-state index contributed by atoms with van der Waals surface area (Å²) in [7, 11) is 1.61. The minimum absolute atomic E-state index is 0.119. The van der Waals surface area contributed by atoms with Crippen LogP contribution >= 0.6 is 0 Å². The van der Waals surface area contributed by atoms with Gasteiger partial charge in [0.1, 0.15) is 5.82 Å². The predicted molar refractivity (Wildman–Crippen MR) is 59.0 cm³/mol. The number of benzene rings is 1. The lowest BCUT2D eigenvalue weighted by molar-refractivity contribution is 0.0715. The van der Waals surface area contributed by atoms with Gasteiger partial charge < -0.3 is 10.5 Å². The molecule has 0 heterocycles. The molecule has 0 aromatic heterocycles. The van der Waals surface area contributed by atoms with Gasteiger partial charge in [-0.1, -0.05) is 31.5 Å². The number of halogens is 1. The lowest BCUT2D eigenvalue weighted by atomic mass is 9.98. The summed E-state index contributed by atoms with van der Waals surface area (Å²) in [6, 6.07) is 6.19. The van der Waals surface area contributed by atoms with Crippen LogP contribution in [-0.2, 0) is 4.74 Å². The van der Waals surface area contributed by atoms with Gasteiger partial charge in [0.05, 0.1) is 12.1 Å². The maximum Gasteiger partial charge on any atom is 0.128 e. The van der Waals surface area contributed by atoms with E-state index in [9.17, 15) is 4.39 Å². The van der Waals surface area contributed by atoms with Crippen molar-refractivity contribution in [3.05, 3.63) is 35.6 Å². The quantitative estimate of drug-likeness (QED) is 0.812. The van der Waals surface area contributed by atoms with Crippen LogP contribution in [0, 0.1) is 5.82 Å². The van der Waals surface area contributed by atoms with Crippen LogP contribution in [0.25, 0.3) is 0 Å². The summed E-state index contributed by atoms with van der Waals surface area (Å²) in [5, 5.41) is 0. The van der Waals surface area contributed by atoms with Crippen LogP contribution in [-0.4, -0.2) is 13.2 Å². The molecule has 0 amide bonds. The van der Waals surface area contributed by atoms with Gasteiger partial charge in [0.25, 0.3) is 0 Å². The Morgan fingerprint density at radius 3 is 2.60 bits per heavy atom. The molecule has 0 fully saturated rings. The van der Waals surface area contributed by atoms with E-state index in [0.717, 1.165) is 12.8 Å². The third kappa shape index (κ3) is 3.01. The fourth-order valence-corrected chi connectivity index (χ4v) is 1.67. The molecule has 2 nitrogen and oxygen atoms in total. The van der Waals surface area contributed by atoms with E-state index in [1.807, 2.05) is 0 Å². The highest BCUT2D eigenvalue weighted by Gasteiger charge is 2.20. The summed E-state index contributed by atoms with van der Waals surface area (Å²) in [6.07, 6.45) is 1.69. The minimum Gasteiger partial charge on any atom is -0.379 e. The molecule has 0 bridgehead atoms. The van der Waals surface area contributed by atoms with Gasteiger partial charge in [0.2, 0.25) is 0 Å². The van der Waals surface area contributed by atoms with E-state index < -0.39 is 6.04 Å². The van der Waals surface area contributed by atoms with Crippen molar-refractivity contribution < 1.29 is 9.13 Å². The SMILES string of the molecule is CCCC(OC)C(N)c1ccccc1F. The van der Waals surface area contributed by atoms with Crippen molar-refractivity contribution in [2.24, 2.45) is 5.73 Å². The van der Waals surface area contributed by atoms with E-state index in [0.29, 0.717) is 5.56 Å². The number of ether oxygens (including phenoxy) is 1. The normalized spacial score (nSPS) is 14.9. The molecule has 2 atom stereocenters. The second kappa shape index (κ2) is 5.83. The molecule has 0 aliphatic heterocycles. The van der Waals surface area contributed by atoms with Crippen molar-refractivity contribution in [1.29, 1.82) is 0 Å². The molecule has 1 aromatic rings. The van der Waals surface area contributed by atoms with E-state index in [1.165, 1.54) is 6.07 Å². The molecular weight excluding hydrogens is 193 g/mol. The van der Waals surface area contributed by atoms with Crippen LogP contribution in [0.3, 0.4) is 0 Å². The molecule has 0 radical (unpaired) electrons. The van der Waals surface area contributed by atoms with Crippen molar-refractivity contribution in [3.8, 4) is 0 Å². The number of hydrogen-bond acceptors (Lipinski definition) is 2. The molecule has 0 saturated heterocycles. The first kappa shape index (κ1) is 12.1. The molecule has 84 valence electrons. The van der Waals surface area contributed by atoms with E-state index in [-0.39, 0.29) is 11.9 Å². The van der Waals surface area contributed by atoms with Crippen molar-refractivity contribution in [2.75, 3.05) is 7.11 Å². The highest BCUT2D eigenvalue weighted by molar-refractivity contribution is 5.21. The van der Waals surface area contributed by atoms with Crippen LogP contribution in [0.4, 0.5) is 4.39 Å². The topological polar surface area (TPSA) is 35.2 Å². The van der Waals surface area contributed by atoms with Crippen molar-refractivity contribution in [2.45, 2.75) is 31.9 Å². The maximum absolute atomic E-state index is 13.4. The van der Waals surface area contributed by atoms with Crippen molar-refractivity contribution in [3.63, 3.8) is 0 Å². The third-order valence-electron chi connectivity index (χ3n) is 2.54. The standard InChI is InChI=1S/C12H18FNO/c1-3-6-11(15-2)12(14)9-7-4-5-8-10(9)13/h4-5,7-8,11-12H,3,6,14H2,1-2H3. The molecule has 0 spiro atoms. The van der Waals surface area contributed by atoms with E-state index in [4.69, 9.17) is 10.5 Å². The summed E-state index contributed by atoms with van der Waals surface area (Å²) >= 11 is 0. The van der Waals surface area contributed by atoms with Crippen LogP contribution in [0.15, 0.2) is 24.3 Å². The Kier molecular flexibility index (Phi) is 4.72. The van der Waals surface area contributed by atoms with Crippen LogP contribution in [0.2, 0.25) is 0 Å². The molecule has 1 aromatic carbocycles. The van der Waals surface area contributed by atoms with Gasteiger partial charge in [-0.25, -0.2) is 4.39 Å². The monoisotopic (exact) mass is 211 g/mol. The zero-order valence-electron chi connectivity index (χ0n) is 9.24. The highest BCUT2D eigenvalue weighted by atomic mass is 19.1. The summed E-state index contributed by atoms with van der Waals surface area (Å²) in [4.78, 5) is 0. The Balaban J connectivity index is 2.82. The molecule has 3 heteroatoms. The summed E-state index contributed by atoms with van der Waals surface area (Å²) in [5.74, 6) is -0.261. The molecule has 2 N–H and O–H groups in total. The zero-order chi connectivity index (χ0) is 11.3. The first-order valence-corrected chi connectivity index (χ1v) is 5.23. The maximum atomic E-state index is 13.4. The Hall–Kier alpha value is -0.930. The lowest BCUT2D eigenvalue weighted by Crippen LogP contribution is -2.28. The second-order valence-electron chi connectivity index (χ2n) is 3.61. The van der Waals surface area contributed by atoms with Crippen molar-refractivity contribution >= 4 is 0 Å². The lowest BCUT2D eigenvalue weighted by Gasteiger charge is -2.22. The molecule has 1 rings (SSSR count). The van der Waals surface area contributed by atoms with Gasteiger partial charge in [-0.3, -0.25) is 0 Å². The zero-order valence-corrected chi connectivity index (χ0v) is 9.24. The summed E-state index contributed by atoms with van der Waals surface area (Å²) in [6.45, 7) is 2.06. The minimum atomic E-state index is -0.392. The van der Waals surface area contributed by atoms with Gasteiger partial charge in [0.15, 0.2) is 0 Å². The number of nitrogens with two attached hydrogens (primary N) is 1. The van der Waals surface area contributed by atoms with Crippen LogP contribution in [0.5, 0.6) is 0 Å². The largest absolute Gasteiger partial charge is 0.379 e. The van der Waals surface area contributed by atoms with Gasteiger partial charge in [-0.05, 0) is 12.5 Å². The Bertz CT molecular complexity index is 303. The average Bonchev–Trinajstić information content (AvgIpc) is 2.25. The average molecular weight is 211 g/mol. The van der Waals surface area contributed by atoms with Gasteiger partial charge in [-0.15, -0.1) is 0 Å². The number of methoxy groups -OCH3 is 1. The molecular formula is C12H18FNO. The smallest absolute Gasteiger partial charge is 0.128 e. The highest BCUT2D eigenvalue weighted by Crippen LogP contribution is 2.22. The van der Waals surface area contributed by atoms with E-state index in [2.05, 4.69) is 6.92 Å². The third-order valence-corrected chi connectivity index (χ3v) is 2.54.